The molecule has 1 saturated heterocycles. The fraction of sp³-hybridized carbons (Fsp3) is 0.294. The number of rotatable bonds is 5. The minimum atomic E-state index is -3.53. The molecule has 1 aliphatic rings. The molecule has 1 fully saturated rings. The quantitative estimate of drug-likeness (QED) is 0.568. The van der Waals surface area contributed by atoms with E-state index in [4.69, 9.17) is 16.6 Å². The monoisotopic (exact) mass is 440 g/mol. The average Bonchev–Trinajstić information content (AvgIpc) is 3.34. The molecule has 0 N–H and O–H groups in total. The van der Waals surface area contributed by atoms with Crippen molar-refractivity contribution in [2.75, 3.05) is 26.2 Å². The van der Waals surface area contributed by atoms with Crippen molar-refractivity contribution in [2.45, 2.75) is 11.4 Å². The predicted octanol–water partition coefficient (Wildman–Crippen LogP) is 3.43. The van der Waals surface area contributed by atoms with Crippen LogP contribution in [0.4, 0.5) is 0 Å². The Labute approximate surface area is 171 Å². The van der Waals surface area contributed by atoms with Crippen LogP contribution < -0.4 is 0 Å². The largest absolute Gasteiger partial charge is 0.295 e. The van der Waals surface area contributed by atoms with Crippen LogP contribution in [0.5, 0.6) is 0 Å². The predicted molar refractivity (Wildman–Crippen MR) is 109 cm³/mol. The first-order valence-corrected chi connectivity index (χ1v) is 12.0. The van der Waals surface area contributed by atoms with Gasteiger partial charge >= 0.3 is 0 Å². The number of halogens is 1. The molecule has 0 saturated carbocycles. The zero-order valence-electron chi connectivity index (χ0n) is 14.3. The van der Waals surface area contributed by atoms with Crippen molar-refractivity contribution in [3.63, 3.8) is 0 Å². The molecular formula is C17H17ClN4O2S3. The number of piperazine rings is 1. The van der Waals surface area contributed by atoms with Gasteiger partial charge in [-0.1, -0.05) is 11.6 Å². The van der Waals surface area contributed by atoms with Crippen LogP contribution in [-0.2, 0) is 16.6 Å². The van der Waals surface area contributed by atoms with Gasteiger partial charge in [-0.3, -0.25) is 4.90 Å². The van der Waals surface area contributed by atoms with E-state index in [9.17, 15) is 8.42 Å². The summed E-state index contributed by atoms with van der Waals surface area (Å²) in [6, 6.07) is 5.07. The summed E-state index contributed by atoms with van der Waals surface area (Å²) in [5, 5.41) is 7.53. The van der Waals surface area contributed by atoms with Gasteiger partial charge in [0.25, 0.3) is 0 Å². The summed E-state index contributed by atoms with van der Waals surface area (Å²) in [6.07, 6.45) is 1.31. The standard InChI is InChI=1S/C17H17ClN4O2S3/c18-16-2-1-15(9-19-16)27(23,24)22-6-4-21(5-7-22)10-14-12-26-17(20-14)13-3-8-25-11-13/h1-3,8-9,11-12H,4-7,10H2. The maximum Gasteiger partial charge on any atom is 0.244 e. The van der Waals surface area contributed by atoms with Gasteiger partial charge in [0.1, 0.15) is 15.1 Å². The van der Waals surface area contributed by atoms with Gasteiger partial charge in [0.2, 0.25) is 10.0 Å². The van der Waals surface area contributed by atoms with Crippen molar-refractivity contribution in [1.29, 1.82) is 0 Å². The summed E-state index contributed by atoms with van der Waals surface area (Å²) in [7, 11) is -3.53. The van der Waals surface area contributed by atoms with Crippen molar-refractivity contribution < 1.29 is 8.42 Å². The Morgan fingerprint density at radius 1 is 1.11 bits per heavy atom. The Bertz CT molecular complexity index is 995. The minimum absolute atomic E-state index is 0.181. The van der Waals surface area contributed by atoms with Crippen LogP contribution in [0, 0.1) is 0 Å². The smallest absolute Gasteiger partial charge is 0.244 e. The van der Waals surface area contributed by atoms with E-state index in [1.165, 1.54) is 22.6 Å². The second-order valence-electron chi connectivity index (χ2n) is 6.15. The van der Waals surface area contributed by atoms with Crippen LogP contribution in [0.1, 0.15) is 5.69 Å². The van der Waals surface area contributed by atoms with Gasteiger partial charge in [-0.2, -0.15) is 15.6 Å². The van der Waals surface area contributed by atoms with Crippen LogP contribution in [0.15, 0.2) is 45.4 Å². The number of thiazole rings is 1. The second kappa shape index (κ2) is 7.94. The molecule has 3 aromatic rings. The normalized spacial score (nSPS) is 16.6. The van der Waals surface area contributed by atoms with E-state index < -0.39 is 10.0 Å². The maximum atomic E-state index is 12.7. The summed E-state index contributed by atoms with van der Waals surface area (Å²) in [5.41, 5.74) is 2.18. The number of sulfonamides is 1. The fourth-order valence-corrected chi connectivity index (χ4v) is 5.92. The van der Waals surface area contributed by atoms with Crippen molar-refractivity contribution >= 4 is 44.3 Å². The lowest BCUT2D eigenvalue weighted by atomic mass is 10.3. The zero-order valence-corrected chi connectivity index (χ0v) is 17.5. The van der Waals surface area contributed by atoms with E-state index in [2.05, 4.69) is 26.7 Å². The highest BCUT2D eigenvalue weighted by Gasteiger charge is 2.29. The van der Waals surface area contributed by atoms with Gasteiger partial charge < -0.3 is 0 Å². The van der Waals surface area contributed by atoms with Gasteiger partial charge in [-0.25, -0.2) is 18.4 Å². The maximum absolute atomic E-state index is 12.7. The second-order valence-corrected chi connectivity index (χ2v) is 10.1. The minimum Gasteiger partial charge on any atom is -0.295 e. The number of thiophene rings is 1. The SMILES string of the molecule is O=S(=O)(c1ccc(Cl)nc1)N1CCN(Cc2csc(-c3ccsc3)n2)CC1. The molecule has 0 spiro atoms. The van der Waals surface area contributed by atoms with Crippen molar-refractivity contribution in [2.24, 2.45) is 0 Å². The Morgan fingerprint density at radius 3 is 2.59 bits per heavy atom. The highest BCUT2D eigenvalue weighted by molar-refractivity contribution is 7.89. The molecule has 0 unspecified atom stereocenters. The first kappa shape index (κ1) is 19.0. The molecule has 6 nitrogen and oxygen atoms in total. The topological polar surface area (TPSA) is 66.4 Å². The first-order valence-electron chi connectivity index (χ1n) is 8.33. The molecule has 0 bridgehead atoms. The lowest BCUT2D eigenvalue weighted by Gasteiger charge is -2.33. The summed E-state index contributed by atoms with van der Waals surface area (Å²) >= 11 is 9.05. The summed E-state index contributed by atoms with van der Waals surface area (Å²) in [5.74, 6) is 0. The van der Waals surface area contributed by atoms with Crippen molar-refractivity contribution in [3.8, 4) is 10.6 Å². The number of nitrogens with zero attached hydrogens (tertiary/aromatic N) is 4. The van der Waals surface area contributed by atoms with E-state index >= 15 is 0 Å². The molecular weight excluding hydrogens is 424 g/mol. The van der Waals surface area contributed by atoms with E-state index in [-0.39, 0.29) is 10.0 Å². The summed E-state index contributed by atoms with van der Waals surface area (Å²) in [4.78, 5) is 11.0. The van der Waals surface area contributed by atoms with Crippen LogP contribution >= 0.6 is 34.3 Å². The molecule has 142 valence electrons. The molecule has 0 aromatic carbocycles. The highest BCUT2D eigenvalue weighted by atomic mass is 35.5. The molecule has 0 amide bonds. The van der Waals surface area contributed by atoms with E-state index in [1.807, 2.05) is 5.38 Å². The Hall–Kier alpha value is -1.36. The van der Waals surface area contributed by atoms with E-state index in [1.54, 1.807) is 22.7 Å². The highest BCUT2D eigenvalue weighted by Crippen LogP contribution is 2.26. The fourth-order valence-electron chi connectivity index (χ4n) is 2.92. The number of hydrogen-bond acceptors (Lipinski definition) is 7. The lowest BCUT2D eigenvalue weighted by Crippen LogP contribution is -2.48. The van der Waals surface area contributed by atoms with Gasteiger partial charge in [0.05, 0.1) is 5.69 Å². The molecule has 0 aliphatic carbocycles. The van der Waals surface area contributed by atoms with Gasteiger partial charge in [-0.05, 0) is 23.6 Å². The molecule has 1 aliphatic heterocycles. The zero-order chi connectivity index (χ0) is 18.9. The van der Waals surface area contributed by atoms with Crippen LogP contribution in [0.2, 0.25) is 5.15 Å². The lowest BCUT2D eigenvalue weighted by molar-refractivity contribution is 0.180. The Balaban J connectivity index is 1.37. The van der Waals surface area contributed by atoms with E-state index in [0.29, 0.717) is 26.2 Å². The molecule has 3 aromatic heterocycles. The van der Waals surface area contributed by atoms with E-state index in [0.717, 1.165) is 22.8 Å². The molecule has 0 radical (unpaired) electrons. The van der Waals surface area contributed by atoms with Crippen LogP contribution in [-0.4, -0.2) is 53.8 Å². The van der Waals surface area contributed by atoms with Crippen molar-refractivity contribution in [1.82, 2.24) is 19.2 Å². The molecule has 27 heavy (non-hydrogen) atoms. The Kier molecular flexibility index (Phi) is 5.58. The molecule has 4 heterocycles. The molecule has 10 heteroatoms. The average molecular weight is 441 g/mol. The van der Waals surface area contributed by atoms with Crippen molar-refractivity contribution in [3.05, 3.63) is 51.4 Å². The summed E-state index contributed by atoms with van der Waals surface area (Å²) < 4.78 is 26.9. The third-order valence-electron chi connectivity index (χ3n) is 4.37. The third kappa shape index (κ3) is 4.23. The third-order valence-corrected chi connectivity index (χ3v) is 8.10. The van der Waals surface area contributed by atoms with Crippen LogP contribution in [0.25, 0.3) is 10.6 Å². The van der Waals surface area contributed by atoms with Crippen LogP contribution in [0.3, 0.4) is 0 Å². The number of aromatic nitrogens is 2. The van der Waals surface area contributed by atoms with Gasteiger partial charge in [0.15, 0.2) is 0 Å². The number of hydrogen-bond donors (Lipinski definition) is 0. The first-order chi connectivity index (χ1) is 13.0. The van der Waals surface area contributed by atoms with Gasteiger partial charge in [0, 0.05) is 55.2 Å². The van der Waals surface area contributed by atoms with Gasteiger partial charge in [-0.15, -0.1) is 11.3 Å². The summed E-state index contributed by atoms with van der Waals surface area (Å²) in [6.45, 7) is 2.98. The number of pyridine rings is 1. The Morgan fingerprint density at radius 2 is 1.93 bits per heavy atom. The molecule has 0 atom stereocenters. The molecule has 4 rings (SSSR count).